The van der Waals surface area contributed by atoms with Crippen LogP contribution in [0.2, 0.25) is 0 Å². The predicted octanol–water partition coefficient (Wildman–Crippen LogP) is 15.9. The van der Waals surface area contributed by atoms with Crippen LogP contribution in [-0.4, -0.2) is 47.4 Å². The Kier molecular flexibility index (Phi) is 48.6. The fourth-order valence-electron chi connectivity index (χ4n) is 8.16. The number of carbonyl (C=O) groups excluding carboxylic acids is 2. The summed E-state index contributed by atoms with van der Waals surface area (Å²) in [5, 5.41) is 23.2. The molecule has 0 aromatic heterocycles. The Morgan fingerprint density at radius 3 is 1.30 bits per heavy atom. The van der Waals surface area contributed by atoms with E-state index in [-0.39, 0.29) is 18.5 Å². The summed E-state index contributed by atoms with van der Waals surface area (Å²) in [5.41, 5.74) is 0. The van der Waals surface area contributed by atoms with Gasteiger partial charge in [0.2, 0.25) is 5.91 Å². The van der Waals surface area contributed by atoms with Crippen molar-refractivity contribution in [1.82, 2.24) is 5.32 Å². The summed E-state index contributed by atoms with van der Waals surface area (Å²) in [4.78, 5) is 24.4. The monoisotopic (exact) mass is 846 g/mol. The van der Waals surface area contributed by atoms with Crippen LogP contribution in [0.25, 0.3) is 0 Å². The molecule has 0 aromatic carbocycles. The van der Waals surface area contributed by atoms with E-state index in [0.717, 1.165) is 51.4 Å². The SMILES string of the molecule is CCCCCCCCCCCCCCCCCCC(O)C(CO)NC(=O)CC/C=C\C/C=C\CCCCCCCCOC(=O)CCCCCCCCCCCCCCCC. The van der Waals surface area contributed by atoms with Crippen LogP contribution in [0.1, 0.15) is 284 Å². The topological polar surface area (TPSA) is 95.9 Å². The minimum atomic E-state index is -0.698. The van der Waals surface area contributed by atoms with Gasteiger partial charge in [-0.2, -0.15) is 0 Å². The van der Waals surface area contributed by atoms with Crippen molar-refractivity contribution < 1.29 is 24.5 Å². The lowest BCUT2D eigenvalue weighted by atomic mass is 10.0. The van der Waals surface area contributed by atoms with Crippen molar-refractivity contribution in [3.63, 3.8) is 0 Å². The molecule has 0 heterocycles. The van der Waals surface area contributed by atoms with Crippen molar-refractivity contribution in [2.75, 3.05) is 13.2 Å². The fraction of sp³-hybridized carbons (Fsp3) is 0.889. The maximum absolute atomic E-state index is 12.4. The van der Waals surface area contributed by atoms with Crippen LogP contribution < -0.4 is 5.32 Å². The number of carbonyl (C=O) groups is 2. The summed E-state index contributed by atoms with van der Waals surface area (Å²) < 4.78 is 5.45. The quantitative estimate of drug-likeness (QED) is 0.0322. The number of aliphatic hydroxyl groups excluding tert-OH is 2. The van der Waals surface area contributed by atoms with Gasteiger partial charge in [-0.15, -0.1) is 0 Å². The molecular formula is C54H103NO5. The molecule has 3 N–H and O–H groups in total. The maximum Gasteiger partial charge on any atom is 0.305 e. The number of aliphatic hydroxyl groups is 2. The fourth-order valence-corrected chi connectivity index (χ4v) is 8.16. The van der Waals surface area contributed by atoms with E-state index in [2.05, 4.69) is 37.4 Å². The normalized spacial score (nSPS) is 12.8. The molecule has 0 aromatic rings. The average Bonchev–Trinajstić information content (AvgIpc) is 3.25. The van der Waals surface area contributed by atoms with Gasteiger partial charge in [-0.3, -0.25) is 9.59 Å². The van der Waals surface area contributed by atoms with Crippen LogP contribution in [0.5, 0.6) is 0 Å². The third kappa shape index (κ3) is 45.9. The molecule has 0 radical (unpaired) electrons. The molecule has 0 saturated heterocycles. The van der Waals surface area contributed by atoms with E-state index >= 15 is 0 Å². The summed E-state index contributed by atoms with van der Waals surface area (Å²) in [7, 11) is 0. The third-order valence-corrected chi connectivity index (χ3v) is 12.3. The van der Waals surface area contributed by atoms with Crippen molar-refractivity contribution in [1.29, 1.82) is 0 Å². The van der Waals surface area contributed by atoms with Crippen LogP contribution in [0.4, 0.5) is 0 Å². The zero-order chi connectivity index (χ0) is 43.7. The minimum absolute atomic E-state index is 0.0147. The second-order valence-corrected chi connectivity index (χ2v) is 18.2. The molecule has 60 heavy (non-hydrogen) atoms. The smallest absolute Gasteiger partial charge is 0.305 e. The Bertz CT molecular complexity index is 935. The lowest BCUT2D eigenvalue weighted by molar-refractivity contribution is -0.143. The molecule has 0 spiro atoms. The van der Waals surface area contributed by atoms with Crippen molar-refractivity contribution >= 4 is 11.9 Å². The molecule has 0 aliphatic carbocycles. The minimum Gasteiger partial charge on any atom is -0.466 e. The van der Waals surface area contributed by atoms with E-state index in [4.69, 9.17) is 4.74 Å². The summed E-state index contributed by atoms with van der Waals surface area (Å²) in [6, 6.07) is -0.584. The molecule has 0 fully saturated rings. The van der Waals surface area contributed by atoms with Gasteiger partial charge in [0.1, 0.15) is 0 Å². The number of allylic oxidation sites excluding steroid dienone is 4. The summed E-state index contributed by atoms with van der Waals surface area (Å²) >= 11 is 0. The molecule has 2 atom stereocenters. The molecule has 0 aliphatic heterocycles. The van der Waals surface area contributed by atoms with Gasteiger partial charge in [0, 0.05) is 12.8 Å². The van der Waals surface area contributed by atoms with Gasteiger partial charge in [-0.25, -0.2) is 0 Å². The number of rotatable bonds is 49. The van der Waals surface area contributed by atoms with Crippen molar-refractivity contribution in [3.05, 3.63) is 24.3 Å². The van der Waals surface area contributed by atoms with Gasteiger partial charge in [0.05, 0.1) is 25.4 Å². The zero-order valence-electron chi connectivity index (χ0n) is 40.2. The first-order chi connectivity index (χ1) is 29.5. The Hall–Kier alpha value is -1.66. The van der Waals surface area contributed by atoms with Crippen LogP contribution in [0, 0.1) is 0 Å². The molecule has 6 nitrogen and oxygen atoms in total. The highest BCUT2D eigenvalue weighted by atomic mass is 16.5. The average molecular weight is 846 g/mol. The van der Waals surface area contributed by atoms with Crippen molar-refractivity contribution in [2.45, 2.75) is 296 Å². The molecule has 2 unspecified atom stereocenters. The first-order valence-corrected chi connectivity index (χ1v) is 26.6. The van der Waals surface area contributed by atoms with Crippen LogP contribution in [0.3, 0.4) is 0 Å². The highest BCUT2D eigenvalue weighted by Crippen LogP contribution is 2.17. The second kappa shape index (κ2) is 50.0. The maximum atomic E-state index is 12.4. The third-order valence-electron chi connectivity index (χ3n) is 12.3. The number of ether oxygens (including phenoxy) is 1. The van der Waals surface area contributed by atoms with E-state index in [9.17, 15) is 19.8 Å². The Morgan fingerprint density at radius 2 is 0.850 bits per heavy atom. The van der Waals surface area contributed by atoms with E-state index in [1.165, 1.54) is 193 Å². The number of unbranched alkanes of at least 4 members (excludes halogenated alkanes) is 34. The van der Waals surface area contributed by atoms with E-state index < -0.39 is 12.1 Å². The predicted molar refractivity (Wildman–Crippen MR) is 260 cm³/mol. The van der Waals surface area contributed by atoms with Gasteiger partial charge < -0.3 is 20.3 Å². The molecule has 1 amide bonds. The van der Waals surface area contributed by atoms with Crippen LogP contribution >= 0.6 is 0 Å². The number of hydrogen-bond acceptors (Lipinski definition) is 5. The molecule has 0 saturated carbocycles. The Balaban J connectivity index is 3.54. The van der Waals surface area contributed by atoms with Crippen molar-refractivity contribution in [2.24, 2.45) is 0 Å². The molecule has 0 bridgehead atoms. The highest BCUT2D eigenvalue weighted by molar-refractivity contribution is 5.76. The number of esters is 1. The summed E-state index contributed by atoms with van der Waals surface area (Å²) in [6.07, 6.45) is 58.8. The largest absolute Gasteiger partial charge is 0.466 e. The molecule has 6 heteroatoms. The highest BCUT2D eigenvalue weighted by Gasteiger charge is 2.19. The van der Waals surface area contributed by atoms with Gasteiger partial charge in [0.15, 0.2) is 0 Å². The van der Waals surface area contributed by atoms with E-state index in [0.29, 0.717) is 32.3 Å². The Labute approximate surface area is 373 Å². The second-order valence-electron chi connectivity index (χ2n) is 18.2. The van der Waals surface area contributed by atoms with Gasteiger partial charge >= 0.3 is 5.97 Å². The van der Waals surface area contributed by atoms with E-state index in [1.54, 1.807) is 0 Å². The molecular weight excluding hydrogens is 743 g/mol. The van der Waals surface area contributed by atoms with Crippen LogP contribution in [-0.2, 0) is 14.3 Å². The van der Waals surface area contributed by atoms with Crippen molar-refractivity contribution in [3.8, 4) is 0 Å². The number of hydrogen-bond donors (Lipinski definition) is 3. The first-order valence-electron chi connectivity index (χ1n) is 26.6. The molecule has 0 aliphatic rings. The first kappa shape index (κ1) is 58.3. The summed E-state index contributed by atoms with van der Waals surface area (Å²) in [5.74, 6) is -0.129. The van der Waals surface area contributed by atoms with Crippen LogP contribution in [0.15, 0.2) is 24.3 Å². The van der Waals surface area contributed by atoms with Gasteiger partial charge in [-0.05, 0) is 44.9 Å². The zero-order valence-corrected chi connectivity index (χ0v) is 40.2. The summed E-state index contributed by atoms with van der Waals surface area (Å²) in [6.45, 7) is 4.90. The lowest BCUT2D eigenvalue weighted by Crippen LogP contribution is -2.45. The Morgan fingerprint density at radius 1 is 0.467 bits per heavy atom. The standard InChI is InChI=1S/C54H103NO5/c1-3-5-7-9-11-13-15-17-19-20-22-26-30-34-38-42-46-52(57)51(50-56)55-53(58)47-43-39-35-31-27-23-21-25-29-33-37-41-45-49-60-54(59)48-44-40-36-32-28-24-18-16-14-12-10-8-6-4-2/h23,27,35,39,51-52,56-57H,3-22,24-26,28-34,36-38,40-50H2,1-2H3,(H,55,58)/b27-23-,39-35-. The molecule has 354 valence electrons. The lowest BCUT2D eigenvalue weighted by Gasteiger charge is -2.22. The van der Waals surface area contributed by atoms with Gasteiger partial charge in [0.25, 0.3) is 0 Å². The number of nitrogens with one attached hydrogen (secondary N) is 1. The van der Waals surface area contributed by atoms with E-state index in [1.807, 2.05) is 6.08 Å². The molecule has 0 rings (SSSR count). The van der Waals surface area contributed by atoms with Gasteiger partial charge in [-0.1, -0.05) is 250 Å². The number of amides is 1.